The molecule has 1 aliphatic heterocycles. The summed E-state index contributed by atoms with van der Waals surface area (Å²) < 4.78 is 0.521. The highest BCUT2D eigenvalue weighted by Gasteiger charge is 2.26. The number of nitrogens with one attached hydrogen (secondary N) is 1. The Balaban J connectivity index is 2.01. The predicted octanol–water partition coefficient (Wildman–Crippen LogP) is 5.60. The van der Waals surface area contributed by atoms with Gasteiger partial charge in [0.25, 0.3) is 5.91 Å². The third-order valence-electron chi connectivity index (χ3n) is 4.42. The largest absolute Gasteiger partial charge is 0.307 e. The van der Waals surface area contributed by atoms with E-state index in [9.17, 15) is 4.79 Å². The van der Waals surface area contributed by atoms with Crippen LogP contribution in [0.1, 0.15) is 47.0 Å². The van der Waals surface area contributed by atoms with Gasteiger partial charge in [-0.2, -0.15) is 0 Å². The van der Waals surface area contributed by atoms with Gasteiger partial charge in [0.15, 0.2) is 0 Å². The second kappa shape index (κ2) is 8.13. The average molecular weight is 360 g/mol. The number of carbonyl (C=O) groups is 1. The minimum absolute atomic E-state index is 0.114. The fraction of sp³-hybridized carbons (Fsp3) is 0.400. The van der Waals surface area contributed by atoms with Gasteiger partial charge >= 0.3 is 0 Å². The summed E-state index contributed by atoms with van der Waals surface area (Å²) >= 11 is 6.26. The van der Waals surface area contributed by atoms with Gasteiger partial charge < -0.3 is 5.32 Å². The first kappa shape index (κ1) is 18.9. The number of hydrogen-bond acceptors (Lipinski definition) is 3. The van der Waals surface area contributed by atoms with Gasteiger partial charge in [-0.25, -0.2) is 0 Å². The first-order chi connectivity index (χ1) is 11.3. The Kier molecular flexibility index (Phi) is 6.41. The van der Waals surface area contributed by atoms with Crippen molar-refractivity contribution in [1.82, 2.24) is 5.32 Å². The smallest absolute Gasteiger partial charge is 0.263 e. The van der Waals surface area contributed by atoms with Crippen LogP contribution >= 0.6 is 24.0 Å². The van der Waals surface area contributed by atoms with E-state index in [0.717, 1.165) is 0 Å². The number of thioether (sulfide) groups is 1. The minimum Gasteiger partial charge on any atom is -0.307 e. The molecule has 24 heavy (non-hydrogen) atoms. The van der Waals surface area contributed by atoms with Gasteiger partial charge in [0, 0.05) is 0 Å². The van der Waals surface area contributed by atoms with E-state index in [-0.39, 0.29) is 11.3 Å². The lowest BCUT2D eigenvalue weighted by Crippen LogP contribution is -2.19. The van der Waals surface area contributed by atoms with Crippen LogP contribution in [0.2, 0.25) is 0 Å². The predicted molar refractivity (Wildman–Crippen MR) is 109 cm³/mol. The van der Waals surface area contributed by atoms with Crippen LogP contribution < -0.4 is 5.32 Å². The molecule has 0 radical (unpaired) electrons. The summed E-state index contributed by atoms with van der Waals surface area (Å²) in [7, 11) is 0. The molecule has 0 aromatic heterocycles. The van der Waals surface area contributed by atoms with Crippen LogP contribution in [0, 0.1) is 5.41 Å². The first-order valence-corrected chi connectivity index (χ1v) is 9.49. The van der Waals surface area contributed by atoms with E-state index in [1.54, 1.807) is 6.08 Å². The maximum absolute atomic E-state index is 11.5. The summed E-state index contributed by atoms with van der Waals surface area (Å²) in [5.41, 5.74) is 4.44. The molecule has 1 heterocycles. The number of carbonyl (C=O) groups excluding carboxylic acids is 1. The van der Waals surface area contributed by atoms with Gasteiger partial charge in [-0.15, -0.1) is 0 Å². The third kappa shape index (κ3) is 5.05. The van der Waals surface area contributed by atoms with Crippen LogP contribution in [-0.4, -0.2) is 10.2 Å². The molecule has 0 bridgehead atoms. The second-order valence-corrected chi connectivity index (χ2v) is 8.65. The van der Waals surface area contributed by atoms with Gasteiger partial charge in [-0.3, -0.25) is 4.79 Å². The molecule has 0 aromatic rings. The molecule has 2 rings (SSSR count). The quantitative estimate of drug-likeness (QED) is 0.402. The summed E-state index contributed by atoms with van der Waals surface area (Å²) in [5.74, 6) is -0.114. The summed E-state index contributed by atoms with van der Waals surface area (Å²) in [4.78, 5) is 12.2. The van der Waals surface area contributed by atoms with Crippen molar-refractivity contribution in [2.45, 2.75) is 47.0 Å². The number of thiocarbonyl (C=S) groups is 1. The molecule has 0 unspecified atom stereocenters. The zero-order valence-electron chi connectivity index (χ0n) is 14.8. The topological polar surface area (TPSA) is 29.1 Å². The maximum Gasteiger partial charge on any atom is 0.263 e. The van der Waals surface area contributed by atoms with Crippen molar-refractivity contribution < 1.29 is 4.79 Å². The van der Waals surface area contributed by atoms with Crippen LogP contribution in [-0.2, 0) is 4.79 Å². The lowest BCUT2D eigenvalue weighted by Gasteiger charge is -2.32. The van der Waals surface area contributed by atoms with E-state index in [4.69, 9.17) is 12.2 Å². The van der Waals surface area contributed by atoms with Crippen LogP contribution in [0.25, 0.3) is 0 Å². The summed E-state index contributed by atoms with van der Waals surface area (Å²) in [6, 6.07) is 0. The second-order valence-electron chi connectivity index (χ2n) is 6.93. The zero-order valence-corrected chi connectivity index (χ0v) is 16.4. The maximum atomic E-state index is 11.5. The molecule has 0 saturated carbocycles. The molecule has 1 N–H and O–H groups in total. The van der Waals surface area contributed by atoms with Crippen molar-refractivity contribution in [2.24, 2.45) is 5.41 Å². The summed E-state index contributed by atoms with van der Waals surface area (Å²) in [6.07, 6.45) is 15.9. The van der Waals surface area contributed by atoms with Crippen molar-refractivity contribution in [1.29, 1.82) is 0 Å². The first-order valence-electron chi connectivity index (χ1n) is 8.26. The molecular weight excluding hydrogens is 334 g/mol. The standard InChI is InChI=1S/C20H25NOS2/c1-14(8-5-6-10-17-18(22)21-19(23)24-17)11-12-16-15(2)9-7-13-20(16,3)4/h5-6,8,10-12H,7,9,13H2,1-4H3,(H,21,22,23)/b6-5+,12-11+,14-8+,17-10-. The van der Waals surface area contributed by atoms with Gasteiger partial charge in [-0.05, 0) is 50.2 Å². The Morgan fingerprint density at radius 2 is 2.08 bits per heavy atom. The van der Waals surface area contributed by atoms with E-state index in [0.29, 0.717) is 9.23 Å². The fourth-order valence-corrected chi connectivity index (χ4v) is 4.06. The molecule has 4 heteroatoms. The third-order valence-corrected chi connectivity index (χ3v) is 5.60. The van der Waals surface area contributed by atoms with E-state index >= 15 is 0 Å². The van der Waals surface area contributed by atoms with Crippen LogP contribution in [0.4, 0.5) is 0 Å². The highest BCUT2D eigenvalue weighted by molar-refractivity contribution is 8.26. The van der Waals surface area contributed by atoms with Gasteiger partial charge in [0.05, 0.1) is 4.91 Å². The highest BCUT2D eigenvalue weighted by Crippen LogP contribution is 2.40. The molecule has 0 atom stereocenters. The lowest BCUT2D eigenvalue weighted by atomic mass is 9.72. The average Bonchev–Trinajstić information content (AvgIpc) is 2.80. The van der Waals surface area contributed by atoms with Crippen LogP contribution in [0.15, 0.2) is 58.1 Å². The van der Waals surface area contributed by atoms with Crippen LogP contribution in [0.5, 0.6) is 0 Å². The summed E-state index contributed by atoms with van der Waals surface area (Å²) in [5, 5.41) is 2.61. The minimum atomic E-state index is -0.114. The molecule has 2 aliphatic rings. The molecule has 0 spiro atoms. The van der Waals surface area contributed by atoms with Crippen molar-refractivity contribution in [2.75, 3.05) is 0 Å². The number of amides is 1. The number of allylic oxidation sites excluding steroid dienone is 9. The normalized spacial score (nSPS) is 23.8. The highest BCUT2D eigenvalue weighted by atomic mass is 32.2. The van der Waals surface area contributed by atoms with Gasteiger partial charge in [0.2, 0.25) is 0 Å². The lowest BCUT2D eigenvalue weighted by molar-refractivity contribution is -0.115. The number of hydrogen-bond donors (Lipinski definition) is 1. The van der Waals surface area contributed by atoms with E-state index < -0.39 is 0 Å². The molecule has 1 saturated heterocycles. The monoisotopic (exact) mass is 359 g/mol. The Morgan fingerprint density at radius 3 is 2.71 bits per heavy atom. The molecule has 0 aromatic carbocycles. The van der Waals surface area contributed by atoms with E-state index in [1.807, 2.05) is 12.2 Å². The van der Waals surface area contributed by atoms with Crippen molar-refractivity contribution in [3.8, 4) is 0 Å². The number of rotatable bonds is 4. The fourth-order valence-electron chi connectivity index (χ4n) is 3.07. The molecule has 1 fully saturated rings. The van der Waals surface area contributed by atoms with Crippen molar-refractivity contribution in [3.63, 3.8) is 0 Å². The summed E-state index contributed by atoms with van der Waals surface area (Å²) in [6.45, 7) is 9.00. The Labute approximate surface area is 154 Å². The SMILES string of the molecule is CC1=C(/C=C/C(C)=C/C=C/C=C2\SC(=S)NC2=O)C(C)(C)CCC1. The Hall–Kier alpha value is -1.39. The molecule has 2 nitrogen and oxygen atoms in total. The van der Waals surface area contributed by atoms with Crippen molar-refractivity contribution in [3.05, 3.63) is 58.1 Å². The van der Waals surface area contributed by atoms with Crippen LogP contribution in [0.3, 0.4) is 0 Å². The Bertz CT molecular complexity index is 690. The van der Waals surface area contributed by atoms with E-state index in [2.05, 4.69) is 51.2 Å². The van der Waals surface area contributed by atoms with E-state index in [1.165, 1.54) is 47.7 Å². The molecule has 1 aliphatic carbocycles. The van der Waals surface area contributed by atoms with Gasteiger partial charge in [0.1, 0.15) is 4.32 Å². The molecular formula is C20H25NOS2. The molecule has 1 amide bonds. The van der Waals surface area contributed by atoms with Crippen molar-refractivity contribution >= 4 is 34.2 Å². The van der Waals surface area contributed by atoms with Gasteiger partial charge in [-0.1, -0.05) is 79.4 Å². The Morgan fingerprint density at radius 1 is 1.33 bits per heavy atom. The molecule has 128 valence electrons. The zero-order chi connectivity index (χ0) is 17.7.